The second kappa shape index (κ2) is 3.42. The van der Waals surface area contributed by atoms with E-state index in [0.29, 0.717) is 6.61 Å². The first-order chi connectivity index (χ1) is 6.42. The number of benzene rings is 1. The molecule has 1 heterocycles. The molecule has 0 radical (unpaired) electrons. The van der Waals surface area contributed by atoms with E-state index in [1.807, 2.05) is 24.3 Å². The number of fused-ring (bicyclic) bond motifs is 1. The molecule has 0 saturated carbocycles. The molecule has 0 unspecified atom stereocenters. The Kier molecular flexibility index (Phi) is 2.11. The van der Waals surface area contributed by atoms with Gasteiger partial charge in [0, 0.05) is 12.0 Å². The van der Waals surface area contributed by atoms with Gasteiger partial charge < -0.3 is 4.74 Å². The Labute approximate surface area is 76.1 Å². The van der Waals surface area contributed by atoms with Gasteiger partial charge in [0.15, 0.2) is 0 Å². The van der Waals surface area contributed by atoms with Crippen LogP contribution in [0, 0.1) is 0 Å². The smallest absolute Gasteiger partial charge is 0.235 e. The lowest BCUT2D eigenvalue weighted by molar-refractivity contribution is 0.269. The van der Waals surface area contributed by atoms with Crippen molar-refractivity contribution >= 4 is 6.08 Å². The lowest BCUT2D eigenvalue weighted by Gasteiger charge is -2.21. The van der Waals surface area contributed by atoms with E-state index in [4.69, 9.17) is 4.74 Å². The summed E-state index contributed by atoms with van der Waals surface area (Å²) in [6.45, 7) is 0.618. The first-order valence-electron chi connectivity index (χ1n) is 4.20. The minimum atomic E-state index is -0.0672. The molecule has 0 saturated heterocycles. The van der Waals surface area contributed by atoms with Crippen molar-refractivity contribution in [2.45, 2.75) is 12.5 Å². The second-order valence-electron chi connectivity index (χ2n) is 2.91. The summed E-state index contributed by atoms with van der Waals surface area (Å²) in [5.41, 5.74) is 0.983. The van der Waals surface area contributed by atoms with Crippen molar-refractivity contribution in [3.63, 3.8) is 0 Å². The molecule has 66 valence electrons. The summed E-state index contributed by atoms with van der Waals surface area (Å²) in [5, 5.41) is 0. The Morgan fingerprint density at radius 2 is 2.31 bits per heavy atom. The van der Waals surface area contributed by atoms with Gasteiger partial charge >= 0.3 is 0 Å². The molecule has 0 aliphatic carbocycles. The van der Waals surface area contributed by atoms with Gasteiger partial charge in [0.1, 0.15) is 5.75 Å². The zero-order chi connectivity index (χ0) is 9.10. The molecule has 1 aromatic carbocycles. The minimum Gasteiger partial charge on any atom is -0.493 e. The molecule has 0 bridgehead atoms. The number of hydrogen-bond acceptors (Lipinski definition) is 3. The standard InChI is InChI=1S/C10H9NO2/c12-7-11-9-5-6-13-10-4-2-1-3-8(9)10/h1-4,9H,5-6H2/t9-/m0/s1. The van der Waals surface area contributed by atoms with Crippen molar-refractivity contribution in [3.05, 3.63) is 29.8 Å². The summed E-state index contributed by atoms with van der Waals surface area (Å²) in [4.78, 5) is 13.9. The predicted molar refractivity (Wildman–Crippen MR) is 47.4 cm³/mol. The third-order valence-corrected chi connectivity index (χ3v) is 2.14. The van der Waals surface area contributed by atoms with E-state index in [2.05, 4.69) is 4.99 Å². The summed E-state index contributed by atoms with van der Waals surface area (Å²) in [6.07, 6.45) is 2.35. The molecule has 1 aromatic rings. The van der Waals surface area contributed by atoms with E-state index in [9.17, 15) is 4.79 Å². The van der Waals surface area contributed by atoms with Gasteiger partial charge in [-0.2, -0.15) is 4.99 Å². The van der Waals surface area contributed by atoms with Crippen molar-refractivity contribution in [1.82, 2.24) is 0 Å². The molecule has 0 spiro atoms. The summed E-state index contributed by atoms with van der Waals surface area (Å²) in [6, 6.07) is 7.58. The molecule has 2 rings (SSSR count). The molecular weight excluding hydrogens is 166 g/mol. The van der Waals surface area contributed by atoms with Crippen LogP contribution >= 0.6 is 0 Å². The molecule has 0 aromatic heterocycles. The Bertz CT molecular complexity index is 356. The highest BCUT2D eigenvalue weighted by molar-refractivity contribution is 5.41. The van der Waals surface area contributed by atoms with Crippen molar-refractivity contribution < 1.29 is 9.53 Å². The van der Waals surface area contributed by atoms with Gasteiger partial charge in [-0.1, -0.05) is 18.2 Å². The Balaban J connectivity index is 2.42. The van der Waals surface area contributed by atoms with Crippen LogP contribution in [-0.4, -0.2) is 12.7 Å². The van der Waals surface area contributed by atoms with Gasteiger partial charge in [-0.15, -0.1) is 0 Å². The van der Waals surface area contributed by atoms with Gasteiger partial charge in [0.05, 0.1) is 12.6 Å². The maximum Gasteiger partial charge on any atom is 0.235 e. The number of carbonyl (C=O) groups excluding carboxylic acids is 1. The quantitative estimate of drug-likeness (QED) is 0.482. The van der Waals surface area contributed by atoms with E-state index >= 15 is 0 Å². The normalized spacial score (nSPS) is 19.5. The highest BCUT2D eigenvalue weighted by Crippen LogP contribution is 2.33. The number of ether oxygens (including phenoxy) is 1. The number of rotatable bonds is 1. The zero-order valence-electron chi connectivity index (χ0n) is 7.06. The van der Waals surface area contributed by atoms with E-state index in [-0.39, 0.29) is 6.04 Å². The van der Waals surface area contributed by atoms with Crippen LogP contribution in [0.15, 0.2) is 29.3 Å². The van der Waals surface area contributed by atoms with Crippen molar-refractivity contribution in [2.75, 3.05) is 6.61 Å². The van der Waals surface area contributed by atoms with Gasteiger partial charge in [-0.25, -0.2) is 4.79 Å². The molecule has 0 N–H and O–H groups in total. The molecular formula is C10H9NO2. The van der Waals surface area contributed by atoms with Crippen LogP contribution in [0.2, 0.25) is 0 Å². The molecule has 0 amide bonds. The van der Waals surface area contributed by atoms with E-state index < -0.39 is 0 Å². The Hall–Kier alpha value is -1.60. The zero-order valence-corrected chi connectivity index (χ0v) is 7.06. The average Bonchev–Trinajstić information content (AvgIpc) is 2.19. The monoisotopic (exact) mass is 175 g/mol. The van der Waals surface area contributed by atoms with Crippen molar-refractivity contribution in [3.8, 4) is 5.75 Å². The number of aliphatic imine (C=N–C) groups is 1. The summed E-state index contributed by atoms with van der Waals surface area (Å²) < 4.78 is 5.41. The topological polar surface area (TPSA) is 38.7 Å². The fourth-order valence-electron chi connectivity index (χ4n) is 1.52. The Morgan fingerprint density at radius 3 is 3.15 bits per heavy atom. The lowest BCUT2D eigenvalue weighted by atomic mass is 10.0. The number of hydrogen-bond donors (Lipinski definition) is 0. The summed E-state index contributed by atoms with van der Waals surface area (Å²) in [7, 11) is 0. The molecule has 13 heavy (non-hydrogen) atoms. The molecule has 0 fully saturated rings. The third-order valence-electron chi connectivity index (χ3n) is 2.14. The van der Waals surface area contributed by atoms with Crippen molar-refractivity contribution in [1.29, 1.82) is 0 Å². The van der Waals surface area contributed by atoms with Crippen LogP contribution < -0.4 is 4.74 Å². The number of para-hydroxylation sites is 1. The van der Waals surface area contributed by atoms with Crippen LogP contribution in [0.4, 0.5) is 0 Å². The van der Waals surface area contributed by atoms with Crippen LogP contribution in [0.3, 0.4) is 0 Å². The highest BCUT2D eigenvalue weighted by atomic mass is 16.5. The molecule has 1 aliphatic heterocycles. The molecule has 3 nitrogen and oxygen atoms in total. The molecule has 3 heteroatoms. The largest absolute Gasteiger partial charge is 0.493 e. The lowest BCUT2D eigenvalue weighted by Crippen LogP contribution is -2.12. The van der Waals surface area contributed by atoms with Crippen LogP contribution in [0.5, 0.6) is 5.75 Å². The summed E-state index contributed by atoms with van der Waals surface area (Å²) >= 11 is 0. The average molecular weight is 175 g/mol. The van der Waals surface area contributed by atoms with E-state index in [0.717, 1.165) is 17.7 Å². The van der Waals surface area contributed by atoms with Gasteiger partial charge in [-0.05, 0) is 6.07 Å². The fourth-order valence-corrected chi connectivity index (χ4v) is 1.52. The number of nitrogens with zero attached hydrogens (tertiary/aromatic N) is 1. The van der Waals surface area contributed by atoms with Gasteiger partial charge in [0.2, 0.25) is 6.08 Å². The minimum absolute atomic E-state index is 0.0672. The van der Waals surface area contributed by atoms with E-state index in [1.165, 1.54) is 0 Å². The Morgan fingerprint density at radius 1 is 1.46 bits per heavy atom. The molecule has 1 aliphatic rings. The first kappa shape index (κ1) is 8.02. The maximum atomic E-state index is 10.2. The number of isocyanates is 1. The fraction of sp³-hybridized carbons (Fsp3) is 0.300. The third kappa shape index (κ3) is 1.46. The van der Waals surface area contributed by atoms with Crippen molar-refractivity contribution in [2.24, 2.45) is 4.99 Å². The highest BCUT2D eigenvalue weighted by Gasteiger charge is 2.19. The van der Waals surface area contributed by atoms with Gasteiger partial charge in [0.25, 0.3) is 0 Å². The van der Waals surface area contributed by atoms with E-state index in [1.54, 1.807) is 6.08 Å². The van der Waals surface area contributed by atoms with Crippen LogP contribution in [0.25, 0.3) is 0 Å². The second-order valence-corrected chi connectivity index (χ2v) is 2.91. The van der Waals surface area contributed by atoms with Crippen LogP contribution in [0.1, 0.15) is 18.0 Å². The SMILES string of the molecule is O=C=N[C@H]1CCOc2ccccc21. The predicted octanol–water partition coefficient (Wildman–Crippen LogP) is 1.85. The van der Waals surface area contributed by atoms with Crippen LogP contribution in [-0.2, 0) is 4.79 Å². The maximum absolute atomic E-state index is 10.2. The molecule has 1 atom stereocenters. The summed E-state index contributed by atoms with van der Waals surface area (Å²) in [5.74, 6) is 0.831. The van der Waals surface area contributed by atoms with Gasteiger partial charge in [-0.3, -0.25) is 0 Å². The first-order valence-corrected chi connectivity index (χ1v) is 4.20.